The fourth-order valence-electron chi connectivity index (χ4n) is 1.01. The van der Waals surface area contributed by atoms with Crippen LogP contribution in [0.3, 0.4) is 0 Å². The van der Waals surface area contributed by atoms with E-state index in [0.717, 1.165) is 5.56 Å². The topological polar surface area (TPSA) is 51.8 Å². The number of hydrogen-bond acceptors (Lipinski definition) is 4. The van der Waals surface area contributed by atoms with Gasteiger partial charge in [0, 0.05) is 18.0 Å². The molecule has 72 valence electrons. The fourth-order valence-corrected chi connectivity index (χ4v) is 1.10. The van der Waals surface area contributed by atoms with Gasteiger partial charge in [-0.3, -0.25) is 4.98 Å². The molecule has 0 aliphatic rings. The van der Waals surface area contributed by atoms with Gasteiger partial charge in [-0.1, -0.05) is 5.16 Å². The SMILES string of the molecule is C[C@@H](Cl)c1nc(-c2cccnc2)no1. The van der Waals surface area contributed by atoms with Crippen LogP contribution in [0.25, 0.3) is 11.4 Å². The Hall–Kier alpha value is -1.42. The number of nitrogens with zero attached hydrogens (tertiary/aromatic N) is 3. The van der Waals surface area contributed by atoms with Crippen molar-refractivity contribution in [1.29, 1.82) is 0 Å². The Morgan fingerprint density at radius 2 is 2.36 bits per heavy atom. The molecule has 0 unspecified atom stereocenters. The smallest absolute Gasteiger partial charge is 0.244 e. The first kappa shape index (κ1) is 9.15. The summed E-state index contributed by atoms with van der Waals surface area (Å²) in [5, 5.41) is 3.53. The molecular weight excluding hydrogens is 202 g/mol. The summed E-state index contributed by atoms with van der Waals surface area (Å²) >= 11 is 5.79. The van der Waals surface area contributed by atoms with Crippen LogP contribution in [0.1, 0.15) is 18.2 Å². The van der Waals surface area contributed by atoms with Crippen molar-refractivity contribution in [2.75, 3.05) is 0 Å². The van der Waals surface area contributed by atoms with E-state index in [1.807, 2.05) is 12.1 Å². The summed E-state index contributed by atoms with van der Waals surface area (Å²) < 4.78 is 4.96. The van der Waals surface area contributed by atoms with Crippen molar-refractivity contribution in [3.05, 3.63) is 30.4 Å². The van der Waals surface area contributed by atoms with Gasteiger partial charge in [-0.05, 0) is 19.1 Å². The predicted molar refractivity (Wildman–Crippen MR) is 51.8 cm³/mol. The van der Waals surface area contributed by atoms with E-state index in [4.69, 9.17) is 16.1 Å². The van der Waals surface area contributed by atoms with Gasteiger partial charge in [0.25, 0.3) is 0 Å². The minimum atomic E-state index is -0.270. The number of hydrogen-bond donors (Lipinski definition) is 0. The van der Waals surface area contributed by atoms with Gasteiger partial charge in [0.15, 0.2) is 0 Å². The second kappa shape index (κ2) is 3.75. The number of aromatic nitrogens is 3. The van der Waals surface area contributed by atoms with Gasteiger partial charge in [-0.15, -0.1) is 11.6 Å². The molecule has 0 bridgehead atoms. The van der Waals surface area contributed by atoms with E-state index < -0.39 is 0 Å². The molecule has 2 aromatic rings. The Bertz CT molecular complexity index is 413. The molecule has 0 fully saturated rings. The third kappa shape index (κ3) is 1.75. The number of alkyl halides is 1. The zero-order valence-electron chi connectivity index (χ0n) is 7.51. The Labute approximate surface area is 85.9 Å². The van der Waals surface area contributed by atoms with E-state index >= 15 is 0 Å². The highest BCUT2D eigenvalue weighted by molar-refractivity contribution is 6.20. The van der Waals surface area contributed by atoms with Crippen LogP contribution in [0.4, 0.5) is 0 Å². The molecule has 0 aromatic carbocycles. The second-order valence-corrected chi connectivity index (χ2v) is 3.47. The van der Waals surface area contributed by atoms with E-state index in [-0.39, 0.29) is 5.38 Å². The van der Waals surface area contributed by atoms with Crippen molar-refractivity contribution in [2.45, 2.75) is 12.3 Å². The van der Waals surface area contributed by atoms with Gasteiger partial charge in [0.1, 0.15) is 5.38 Å². The summed E-state index contributed by atoms with van der Waals surface area (Å²) in [6, 6.07) is 3.68. The second-order valence-electron chi connectivity index (χ2n) is 2.81. The van der Waals surface area contributed by atoms with Crippen molar-refractivity contribution < 1.29 is 4.52 Å². The summed E-state index contributed by atoms with van der Waals surface area (Å²) in [6.07, 6.45) is 3.36. The van der Waals surface area contributed by atoms with E-state index in [0.29, 0.717) is 11.7 Å². The van der Waals surface area contributed by atoms with Crippen molar-refractivity contribution in [3.63, 3.8) is 0 Å². The maximum absolute atomic E-state index is 5.79. The summed E-state index contributed by atoms with van der Waals surface area (Å²) in [4.78, 5) is 8.09. The zero-order chi connectivity index (χ0) is 9.97. The molecule has 1 atom stereocenters. The first-order valence-corrected chi connectivity index (χ1v) is 4.59. The summed E-state index contributed by atoms with van der Waals surface area (Å²) in [6.45, 7) is 1.78. The molecule has 14 heavy (non-hydrogen) atoms. The highest BCUT2D eigenvalue weighted by Gasteiger charge is 2.12. The van der Waals surface area contributed by atoms with Crippen LogP contribution in [0.5, 0.6) is 0 Å². The molecule has 0 saturated carbocycles. The number of halogens is 1. The zero-order valence-corrected chi connectivity index (χ0v) is 8.27. The van der Waals surface area contributed by atoms with Crippen LogP contribution >= 0.6 is 11.6 Å². The maximum atomic E-state index is 5.79. The minimum Gasteiger partial charge on any atom is -0.337 e. The molecule has 2 heterocycles. The maximum Gasteiger partial charge on any atom is 0.244 e. The monoisotopic (exact) mass is 209 g/mol. The summed E-state index contributed by atoms with van der Waals surface area (Å²) in [5.74, 6) is 0.936. The van der Waals surface area contributed by atoms with Crippen LogP contribution in [0.2, 0.25) is 0 Å². The lowest BCUT2D eigenvalue weighted by Gasteiger charge is -1.91. The van der Waals surface area contributed by atoms with Crippen LogP contribution in [0, 0.1) is 0 Å². The first-order chi connectivity index (χ1) is 6.77. The van der Waals surface area contributed by atoms with E-state index in [9.17, 15) is 0 Å². The molecular formula is C9H8ClN3O. The van der Waals surface area contributed by atoms with Gasteiger partial charge in [-0.2, -0.15) is 4.98 Å². The van der Waals surface area contributed by atoms with Gasteiger partial charge < -0.3 is 4.52 Å². The van der Waals surface area contributed by atoms with E-state index in [2.05, 4.69) is 15.1 Å². The van der Waals surface area contributed by atoms with E-state index in [1.54, 1.807) is 19.3 Å². The van der Waals surface area contributed by atoms with Crippen molar-refractivity contribution in [2.24, 2.45) is 0 Å². The molecule has 5 heteroatoms. The van der Waals surface area contributed by atoms with Crippen LogP contribution in [-0.2, 0) is 0 Å². The van der Waals surface area contributed by atoms with Crippen molar-refractivity contribution in [3.8, 4) is 11.4 Å². The quantitative estimate of drug-likeness (QED) is 0.713. The molecule has 4 nitrogen and oxygen atoms in total. The van der Waals surface area contributed by atoms with Gasteiger partial charge in [0.05, 0.1) is 0 Å². The highest BCUT2D eigenvalue weighted by Crippen LogP contribution is 2.20. The van der Waals surface area contributed by atoms with Crippen LogP contribution in [-0.4, -0.2) is 15.1 Å². The third-order valence-electron chi connectivity index (χ3n) is 1.70. The van der Waals surface area contributed by atoms with Crippen molar-refractivity contribution >= 4 is 11.6 Å². The summed E-state index contributed by atoms with van der Waals surface area (Å²) in [5.41, 5.74) is 0.819. The number of rotatable bonds is 2. The fraction of sp³-hybridized carbons (Fsp3) is 0.222. The minimum absolute atomic E-state index is 0.270. The van der Waals surface area contributed by atoms with Gasteiger partial charge in [-0.25, -0.2) is 0 Å². The van der Waals surface area contributed by atoms with Crippen LogP contribution in [0.15, 0.2) is 29.0 Å². The normalized spacial score (nSPS) is 12.7. The van der Waals surface area contributed by atoms with Gasteiger partial charge >= 0.3 is 0 Å². The molecule has 0 N–H and O–H groups in total. The Kier molecular flexibility index (Phi) is 2.45. The molecule has 0 aliphatic carbocycles. The Morgan fingerprint density at radius 3 is 2.93 bits per heavy atom. The van der Waals surface area contributed by atoms with Crippen LogP contribution < -0.4 is 0 Å². The molecule has 0 amide bonds. The molecule has 0 radical (unpaired) electrons. The largest absolute Gasteiger partial charge is 0.337 e. The van der Waals surface area contributed by atoms with E-state index in [1.165, 1.54) is 0 Å². The molecule has 2 rings (SSSR count). The lowest BCUT2D eigenvalue weighted by Crippen LogP contribution is -1.84. The lowest BCUT2D eigenvalue weighted by atomic mass is 10.3. The van der Waals surface area contributed by atoms with Crippen molar-refractivity contribution in [1.82, 2.24) is 15.1 Å². The average molecular weight is 210 g/mol. The number of pyridine rings is 1. The predicted octanol–water partition coefficient (Wildman–Crippen LogP) is 2.43. The lowest BCUT2D eigenvalue weighted by molar-refractivity contribution is 0.379. The summed E-state index contributed by atoms with van der Waals surface area (Å²) in [7, 11) is 0. The Balaban J connectivity index is 2.34. The molecule has 0 aliphatic heterocycles. The van der Waals surface area contributed by atoms with Gasteiger partial charge in [0.2, 0.25) is 11.7 Å². The molecule has 0 saturated heterocycles. The Morgan fingerprint density at radius 1 is 1.50 bits per heavy atom. The highest BCUT2D eigenvalue weighted by atomic mass is 35.5. The molecule has 0 spiro atoms. The third-order valence-corrected chi connectivity index (χ3v) is 1.89. The average Bonchev–Trinajstić information content (AvgIpc) is 2.68. The standard InChI is InChI=1S/C9H8ClN3O/c1-6(10)9-12-8(13-14-9)7-3-2-4-11-5-7/h2-6H,1H3/t6-/m1/s1. The molecule has 2 aromatic heterocycles. The first-order valence-electron chi connectivity index (χ1n) is 4.15.